The fourth-order valence-electron chi connectivity index (χ4n) is 1.14. The number of hydrogen-bond donors (Lipinski definition) is 1. The average molecular weight is 202 g/mol. The van der Waals surface area contributed by atoms with Crippen LogP contribution in [0.2, 0.25) is 0 Å². The van der Waals surface area contributed by atoms with Crippen molar-refractivity contribution in [3.8, 4) is 11.8 Å². The van der Waals surface area contributed by atoms with Crippen molar-refractivity contribution in [3.05, 3.63) is 29.1 Å². The van der Waals surface area contributed by atoms with E-state index in [4.69, 9.17) is 0 Å². The maximum atomic E-state index is 10.6. The van der Waals surface area contributed by atoms with Crippen LogP contribution in [-0.4, -0.2) is 17.4 Å². The van der Waals surface area contributed by atoms with Gasteiger partial charge in [-0.3, -0.25) is 4.79 Å². The van der Waals surface area contributed by atoms with Crippen molar-refractivity contribution in [3.63, 3.8) is 0 Å². The van der Waals surface area contributed by atoms with E-state index in [0.29, 0.717) is 6.54 Å². The zero-order valence-electron chi connectivity index (χ0n) is 9.22. The molecule has 3 nitrogen and oxygen atoms in total. The molecule has 0 saturated heterocycles. The number of aryl methyl sites for hydroxylation is 2. The number of rotatable bonds is 1. The van der Waals surface area contributed by atoms with Gasteiger partial charge in [-0.15, -0.1) is 0 Å². The minimum Gasteiger partial charge on any atom is -0.345 e. The molecule has 0 bridgehead atoms. The molecule has 0 aromatic carbocycles. The zero-order chi connectivity index (χ0) is 11.3. The summed E-state index contributed by atoms with van der Waals surface area (Å²) in [5.41, 5.74) is 2.95. The number of hydrogen-bond acceptors (Lipinski definition) is 2. The summed E-state index contributed by atoms with van der Waals surface area (Å²) in [5, 5.41) is 2.61. The van der Waals surface area contributed by atoms with Crippen molar-refractivity contribution in [1.29, 1.82) is 0 Å². The second-order valence-electron chi connectivity index (χ2n) is 3.39. The zero-order valence-corrected chi connectivity index (χ0v) is 9.22. The summed E-state index contributed by atoms with van der Waals surface area (Å²) < 4.78 is 0. The van der Waals surface area contributed by atoms with Crippen molar-refractivity contribution < 1.29 is 4.79 Å². The molecule has 1 aromatic heterocycles. The van der Waals surface area contributed by atoms with Gasteiger partial charge in [-0.25, -0.2) is 4.98 Å². The first-order valence-electron chi connectivity index (χ1n) is 4.76. The third kappa shape index (κ3) is 3.82. The molecule has 3 heteroatoms. The van der Waals surface area contributed by atoms with Gasteiger partial charge in [-0.2, -0.15) is 0 Å². The number of carbonyl (C=O) groups is 1. The van der Waals surface area contributed by atoms with Crippen LogP contribution < -0.4 is 5.32 Å². The Morgan fingerprint density at radius 3 is 2.87 bits per heavy atom. The predicted octanol–water partition coefficient (Wildman–Crippen LogP) is 1.19. The van der Waals surface area contributed by atoms with Crippen LogP contribution >= 0.6 is 0 Å². The number of amides is 1. The molecule has 78 valence electrons. The molecule has 15 heavy (non-hydrogen) atoms. The first kappa shape index (κ1) is 11.3. The first-order chi connectivity index (χ1) is 7.09. The second kappa shape index (κ2) is 5.16. The van der Waals surface area contributed by atoms with Crippen LogP contribution in [0.5, 0.6) is 0 Å². The quantitative estimate of drug-likeness (QED) is 0.695. The lowest BCUT2D eigenvalue weighted by Crippen LogP contribution is -2.19. The standard InChI is InChI=1S/C12H14N2O/c1-9-7-10(2)12(14-8-9)5-4-6-13-11(3)15/h7-8H,6H2,1-3H3,(H,13,15). The molecule has 1 amide bonds. The molecule has 1 heterocycles. The summed E-state index contributed by atoms with van der Waals surface area (Å²) in [5.74, 6) is 5.70. The van der Waals surface area contributed by atoms with Crippen LogP contribution in [0, 0.1) is 25.7 Å². The van der Waals surface area contributed by atoms with Crippen LogP contribution in [0.1, 0.15) is 23.7 Å². The van der Waals surface area contributed by atoms with Gasteiger partial charge in [0.05, 0.1) is 6.54 Å². The highest BCUT2D eigenvalue weighted by Gasteiger charge is 1.95. The topological polar surface area (TPSA) is 42.0 Å². The van der Waals surface area contributed by atoms with E-state index in [9.17, 15) is 4.79 Å². The van der Waals surface area contributed by atoms with Gasteiger partial charge in [0.1, 0.15) is 5.69 Å². The lowest BCUT2D eigenvalue weighted by Gasteiger charge is -1.98. The Bertz CT molecular complexity index is 427. The minimum absolute atomic E-state index is 0.0714. The SMILES string of the molecule is CC(=O)NCC#Cc1ncc(C)cc1C. The van der Waals surface area contributed by atoms with Gasteiger partial charge in [0.2, 0.25) is 5.91 Å². The summed E-state index contributed by atoms with van der Waals surface area (Å²) >= 11 is 0. The summed E-state index contributed by atoms with van der Waals surface area (Å²) in [4.78, 5) is 14.8. The Labute approximate surface area is 89.9 Å². The molecule has 0 spiro atoms. The summed E-state index contributed by atoms with van der Waals surface area (Å²) in [7, 11) is 0. The fourth-order valence-corrected chi connectivity index (χ4v) is 1.14. The molecule has 1 aromatic rings. The molecular formula is C12H14N2O. The van der Waals surface area contributed by atoms with Crippen LogP contribution in [-0.2, 0) is 4.79 Å². The fraction of sp³-hybridized carbons (Fsp3) is 0.333. The third-order valence-electron chi connectivity index (χ3n) is 1.85. The normalized spacial score (nSPS) is 9.00. The van der Waals surface area contributed by atoms with E-state index in [2.05, 4.69) is 22.1 Å². The molecule has 0 saturated carbocycles. The lowest BCUT2D eigenvalue weighted by atomic mass is 10.2. The number of carbonyl (C=O) groups excluding carboxylic acids is 1. The van der Waals surface area contributed by atoms with Gasteiger partial charge >= 0.3 is 0 Å². The summed E-state index contributed by atoms with van der Waals surface area (Å²) in [6.07, 6.45) is 1.79. The van der Waals surface area contributed by atoms with E-state index < -0.39 is 0 Å². The second-order valence-corrected chi connectivity index (χ2v) is 3.39. The van der Waals surface area contributed by atoms with E-state index in [1.54, 1.807) is 6.20 Å². The minimum atomic E-state index is -0.0714. The van der Waals surface area contributed by atoms with Crippen molar-refractivity contribution >= 4 is 5.91 Å². The molecule has 0 unspecified atom stereocenters. The highest BCUT2D eigenvalue weighted by Crippen LogP contribution is 2.04. The molecule has 0 aliphatic heterocycles. The average Bonchev–Trinajstić information content (AvgIpc) is 2.14. The summed E-state index contributed by atoms with van der Waals surface area (Å²) in [6.45, 7) is 5.80. The number of nitrogens with zero attached hydrogens (tertiary/aromatic N) is 1. The van der Waals surface area contributed by atoms with E-state index in [0.717, 1.165) is 16.8 Å². The maximum Gasteiger partial charge on any atom is 0.217 e. The Kier molecular flexibility index (Phi) is 3.87. The first-order valence-corrected chi connectivity index (χ1v) is 4.76. The van der Waals surface area contributed by atoms with E-state index in [1.807, 2.05) is 19.9 Å². The van der Waals surface area contributed by atoms with E-state index in [1.165, 1.54) is 6.92 Å². The number of nitrogens with one attached hydrogen (secondary N) is 1. The molecule has 0 radical (unpaired) electrons. The number of aromatic nitrogens is 1. The van der Waals surface area contributed by atoms with Gasteiger partial charge in [0.15, 0.2) is 0 Å². The Morgan fingerprint density at radius 1 is 1.53 bits per heavy atom. The molecule has 1 rings (SSSR count). The highest BCUT2D eigenvalue weighted by molar-refractivity contribution is 5.73. The molecule has 0 atom stereocenters. The van der Waals surface area contributed by atoms with Gasteiger partial charge in [-0.1, -0.05) is 12.0 Å². The van der Waals surface area contributed by atoms with Gasteiger partial charge in [0, 0.05) is 13.1 Å². The third-order valence-corrected chi connectivity index (χ3v) is 1.85. The van der Waals surface area contributed by atoms with Crippen molar-refractivity contribution in [2.45, 2.75) is 20.8 Å². The highest BCUT2D eigenvalue weighted by atomic mass is 16.1. The van der Waals surface area contributed by atoms with Crippen LogP contribution in [0.15, 0.2) is 12.3 Å². The predicted molar refractivity (Wildman–Crippen MR) is 59.3 cm³/mol. The van der Waals surface area contributed by atoms with Crippen LogP contribution in [0.4, 0.5) is 0 Å². The van der Waals surface area contributed by atoms with Crippen LogP contribution in [0.25, 0.3) is 0 Å². The number of pyridine rings is 1. The Morgan fingerprint density at radius 2 is 2.27 bits per heavy atom. The van der Waals surface area contributed by atoms with Crippen molar-refractivity contribution in [1.82, 2.24) is 10.3 Å². The Hall–Kier alpha value is -1.82. The van der Waals surface area contributed by atoms with Gasteiger partial charge in [-0.05, 0) is 30.9 Å². The monoisotopic (exact) mass is 202 g/mol. The molecule has 0 aliphatic rings. The van der Waals surface area contributed by atoms with E-state index >= 15 is 0 Å². The smallest absolute Gasteiger partial charge is 0.217 e. The Balaban J connectivity index is 2.67. The molecular weight excluding hydrogens is 188 g/mol. The van der Waals surface area contributed by atoms with Crippen LogP contribution in [0.3, 0.4) is 0 Å². The van der Waals surface area contributed by atoms with Crippen molar-refractivity contribution in [2.24, 2.45) is 0 Å². The van der Waals surface area contributed by atoms with Crippen molar-refractivity contribution in [2.75, 3.05) is 6.54 Å². The maximum absolute atomic E-state index is 10.6. The summed E-state index contributed by atoms with van der Waals surface area (Å²) in [6, 6.07) is 2.04. The lowest BCUT2D eigenvalue weighted by molar-refractivity contribution is -0.118. The molecule has 0 aliphatic carbocycles. The molecule has 0 fully saturated rings. The van der Waals surface area contributed by atoms with E-state index in [-0.39, 0.29) is 5.91 Å². The van der Waals surface area contributed by atoms with Gasteiger partial charge in [0.25, 0.3) is 0 Å². The van der Waals surface area contributed by atoms with Gasteiger partial charge < -0.3 is 5.32 Å². The molecule has 1 N–H and O–H groups in total. The largest absolute Gasteiger partial charge is 0.345 e.